The Labute approximate surface area is 91.1 Å². The molecule has 0 unspecified atom stereocenters. The first-order chi connectivity index (χ1) is 6.99. The van der Waals surface area contributed by atoms with Gasteiger partial charge >= 0.3 is 0 Å². The average Bonchev–Trinajstić information content (AvgIpc) is 2.14. The van der Waals surface area contributed by atoms with Gasteiger partial charge < -0.3 is 9.47 Å². The van der Waals surface area contributed by atoms with E-state index >= 15 is 0 Å². The predicted molar refractivity (Wildman–Crippen MR) is 60.1 cm³/mol. The lowest BCUT2D eigenvalue weighted by molar-refractivity contribution is 0.111. The summed E-state index contributed by atoms with van der Waals surface area (Å²) in [5.74, 6) is 0.108. The minimum absolute atomic E-state index is 0.207. The maximum Gasteiger partial charge on any atom is 0.125 e. The van der Waals surface area contributed by atoms with Gasteiger partial charge in [0.15, 0.2) is 0 Å². The van der Waals surface area contributed by atoms with E-state index < -0.39 is 5.83 Å². The third-order valence-corrected chi connectivity index (χ3v) is 1.85. The van der Waals surface area contributed by atoms with E-state index in [-0.39, 0.29) is 5.92 Å². The van der Waals surface area contributed by atoms with Crippen LogP contribution in [0.15, 0.2) is 36.4 Å². The van der Waals surface area contributed by atoms with Crippen LogP contribution < -0.4 is 0 Å². The van der Waals surface area contributed by atoms with Gasteiger partial charge in [0.25, 0.3) is 0 Å². The van der Waals surface area contributed by atoms with Gasteiger partial charge in [-0.3, -0.25) is 0 Å². The van der Waals surface area contributed by atoms with Crippen molar-refractivity contribution < 1.29 is 13.9 Å². The topological polar surface area (TPSA) is 18.5 Å². The van der Waals surface area contributed by atoms with Crippen molar-refractivity contribution in [2.75, 3.05) is 20.3 Å². The molecule has 0 aliphatic carbocycles. The average molecular weight is 214 g/mol. The first kappa shape index (κ1) is 13.9. The van der Waals surface area contributed by atoms with Crippen molar-refractivity contribution >= 4 is 0 Å². The lowest BCUT2D eigenvalue weighted by Crippen LogP contribution is -2.06. The van der Waals surface area contributed by atoms with Gasteiger partial charge in [-0.05, 0) is 11.5 Å². The molecule has 0 heterocycles. The Bertz CT molecular complexity index is 254. The van der Waals surface area contributed by atoms with E-state index in [4.69, 9.17) is 9.47 Å². The van der Waals surface area contributed by atoms with E-state index in [9.17, 15) is 4.39 Å². The van der Waals surface area contributed by atoms with Crippen LogP contribution in [0.4, 0.5) is 4.39 Å². The van der Waals surface area contributed by atoms with Crippen LogP contribution >= 0.6 is 0 Å². The number of rotatable bonds is 7. The van der Waals surface area contributed by atoms with E-state index in [1.807, 2.05) is 13.8 Å². The van der Waals surface area contributed by atoms with Crippen molar-refractivity contribution in [3.05, 3.63) is 36.4 Å². The van der Waals surface area contributed by atoms with E-state index in [2.05, 4.69) is 13.2 Å². The van der Waals surface area contributed by atoms with Crippen LogP contribution in [0.5, 0.6) is 0 Å². The SMILES string of the molecule is C=C(F)/C=C(/OCCOC)C(=C)C(C)C. The smallest absolute Gasteiger partial charge is 0.125 e. The van der Waals surface area contributed by atoms with Crippen LogP contribution in [-0.4, -0.2) is 20.3 Å². The Kier molecular flexibility index (Phi) is 6.71. The molecule has 86 valence electrons. The number of hydrogen-bond acceptors (Lipinski definition) is 2. The molecular weight excluding hydrogens is 195 g/mol. The highest BCUT2D eigenvalue weighted by molar-refractivity contribution is 5.29. The maximum absolute atomic E-state index is 12.7. The lowest BCUT2D eigenvalue weighted by Gasteiger charge is -2.15. The minimum atomic E-state index is -0.538. The minimum Gasteiger partial charge on any atom is -0.491 e. The fraction of sp³-hybridized carbons (Fsp3) is 0.500. The highest BCUT2D eigenvalue weighted by Crippen LogP contribution is 2.20. The number of methoxy groups -OCH3 is 1. The second kappa shape index (κ2) is 7.23. The van der Waals surface area contributed by atoms with Crippen molar-refractivity contribution in [3.8, 4) is 0 Å². The normalized spacial score (nSPS) is 11.7. The molecular formula is C12H19FO2. The lowest BCUT2D eigenvalue weighted by atomic mass is 10.0. The van der Waals surface area contributed by atoms with E-state index in [0.29, 0.717) is 19.0 Å². The second-order valence-electron chi connectivity index (χ2n) is 3.48. The van der Waals surface area contributed by atoms with Crippen LogP contribution in [0.1, 0.15) is 13.8 Å². The Morgan fingerprint density at radius 2 is 1.93 bits per heavy atom. The molecule has 0 aliphatic heterocycles. The van der Waals surface area contributed by atoms with Gasteiger partial charge in [-0.1, -0.05) is 27.0 Å². The summed E-state index contributed by atoms with van der Waals surface area (Å²) in [6.07, 6.45) is 1.25. The summed E-state index contributed by atoms with van der Waals surface area (Å²) in [5.41, 5.74) is 0.755. The van der Waals surface area contributed by atoms with Crippen molar-refractivity contribution in [1.82, 2.24) is 0 Å². The molecule has 0 fully saturated rings. The maximum atomic E-state index is 12.7. The summed E-state index contributed by atoms with van der Waals surface area (Å²) < 4.78 is 22.9. The number of hydrogen-bond donors (Lipinski definition) is 0. The largest absolute Gasteiger partial charge is 0.491 e. The Hall–Kier alpha value is -1.09. The van der Waals surface area contributed by atoms with Crippen LogP contribution in [0.2, 0.25) is 0 Å². The van der Waals surface area contributed by atoms with Gasteiger partial charge in [0.05, 0.1) is 6.61 Å². The molecule has 0 amide bonds. The van der Waals surface area contributed by atoms with Crippen molar-refractivity contribution in [2.45, 2.75) is 13.8 Å². The third kappa shape index (κ3) is 6.07. The van der Waals surface area contributed by atoms with Gasteiger partial charge in [0.2, 0.25) is 0 Å². The standard InChI is InChI=1S/C12H19FO2/c1-9(2)11(4)12(8-10(3)13)15-7-6-14-5/h8-9H,3-4,6-7H2,1-2,5H3/b12-8+. The van der Waals surface area contributed by atoms with Crippen molar-refractivity contribution in [3.63, 3.8) is 0 Å². The van der Waals surface area contributed by atoms with E-state index in [0.717, 1.165) is 5.57 Å². The molecule has 15 heavy (non-hydrogen) atoms. The molecule has 0 aliphatic rings. The fourth-order valence-corrected chi connectivity index (χ4v) is 0.889. The Balaban J connectivity index is 4.45. The van der Waals surface area contributed by atoms with E-state index in [1.165, 1.54) is 6.08 Å². The highest BCUT2D eigenvalue weighted by Gasteiger charge is 2.08. The van der Waals surface area contributed by atoms with Gasteiger partial charge in [0, 0.05) is 13.2 Å². The van der Waals surface area contributed by atoms with Gasteiger partial charge in [-0.15, -0.1) is 0 Å². The zero-order valence-corrected chi connectivity index (χ0v) is 9.68. The number of halogens is 1. The Morgan fingerprint density at radius 3 is 2.33 bits per heavy atom. The highest BCUT2D eigenvalue weighted by atomic mass is 19.1. The molecule has 2 nitrogen and oxygen atoms in total. The first-order valence-corrected chi connectivity index (χ1v) is 4.86. The quantitative estimate of drug-likeness (QED) is 0.368. The molecule has 0 bridgehead atoms. The van der Waals surface area contributed by atoms with Gasteiger partial charge in [-0.2, -0.15) is 0 Å². The summed E-state index contributed by atoms with van der Waals surface area (Å²) in [5, 5.41) is 0. The van der Waals surface area contributed by atoms with Crippen LogP contribution in [0.3, 0.4) is 0 Å². The van der Waals surface area contributed by atoms with Crippen LogP contribution in [-0.2, 0) is 9.47 Å². The Morgan fingerprint density at radius 1 is 1.33 bits per heavy atom. The zero-order valence-electron chi connectivity index (χ0n) is 9.68. The molecule has 0 saturated heterocycles. The molecule has 0 saturated carbocycles. The summed E-state index contributed by atoms with van der Waals surface area (Å²) in [6, 6.07) is 0. The van der Waals surface area contributed by atoms with Gasteiger partial charge in [-0.25, -0.2) is 4.39 Å². The molecule has 0 aromatic rings. The number of allylic oxidation sites excluding steroid dienone is 3. The molecule has 0 radical (unpaired) electrons. The van der Waals surface area contributed by atoms with E-state index in [1.54, 1.807) is 7.11 Å². The summed E-state index contributed by atoms with van der Waals surface area (Å²) >= 11 is 0. The van der Waals surface area contributed by atoms with Crippen molar-refractivity contribution in [2.24, 2.45) is 5.92 Å². The summed E-state index contributed by atoms with van der Waals surface area (Å²) in [7, 11) is 1.58. The second-order valence-corrected chi connectivity index (χ2v) is 3.48. The summed E-state index contributed by atoms with van der Waals surface area (Å²) in [6.45, 7) is 11.8. The van der Waals surface area contributed by atoms with Crippen molar-refractivity contribution in [1.29, 1.82) is 0 Å². The molecule has 0 spiro atoms. The molecule has 0 aromatic carbocycles. The molecule has 3 heteroatoms. The molecule has 0 rings (SSSR count). The fourth-order valence-electron chi connectivity index (χ4n) is 0.889. The monoisotopic (exact) mass is 214 g/mol. The first-order valence-electron chi connectivity index (χ1n) is 4.86. The van der Waals surface area contributed by atoms with Crippen LogP contribution in [0, 0.1) is 5.92 Å². The third-order valence-electron chi connectivity index (χ3n) is 1.85. The van der Waals surface area contributed by atoms with Crippen LogP contribution in [0.25, 0.3) is 0 Å². The predicted octanol–water partition coefficient (Wildman–Crippen LogP) is 3.23. The molecule has 0 aromatic heterocycles. The molecule has 0 N–H and O–H groups in total. The number of ether oxygens (including phenoxy) is 2. The zero-order chi connectivity index (χ0) is 11.8. The van der Waals surface area contributed by atoms with Gasteiger partial charge in [0.1, 0.15) is 18.2 Å². The summed E-state index contributed by atoms with van der Waals surface area (Å²) in [4.78, 5) is 0. The molecule has 0 atom stereocenters.